The highest BCUT2D eigenvalue weighted by Crippen LogP contribution is 2.19. The van der Waals surface area contributed by atoms with Crippen LogP contribution in [0.25, 0.3) is 10.9 Å². The zero-order valence-corrected chi connectivity index (χ0v) is 12.2. The molecule has 4 nitrogen and oxygen atoms in total. The summed E-state index contributed by atoms with van der Waals surface area (Å²) in [5.74, 6) is 0.663. The van der Waals surface area contributed by atoms with Crippen LogP contribution in [0.4, 0.5) is 0 Å². The third kappa shape index (κ3) is 3.39. The first-order valence-corrected chi connectivity index (χ1v) is 7.15. The van der Waals surface area contributed by atoms with Gasteiger partial charge in [-0.05, 0) is 30.0 Å². The van der Waals surface area contributed by atoms with E-state index in [9.17, 15) is 4.79 Å². The van der Waals surface area contributed by atoms with Crippen LogP contribution in [-0.2, 0) is 17.9 Å². The fraction of sp³-hybridized carbons (Fsp3) is 0.438. The van der Waals surface area contributed by atoms with Gasteiger partial charge in [0.15, 0.2) is 0 Å². The van der Waals surface area contributed by atoms with Crippen LogP contribution in [0.2, 0.25) is 0 Å². The minimum Gasteiger partial charge on any atom is -0.355 e. The lowest BCUT2D eigenvalue weighted by Gasteiger charge is -2.09. The van der Waals surface area contributed by atoms with Crippen LogP contribution in [0, 0.1) is 5.92 Å². The van der Waals surface area contributed by atoms with E-state index in [-0.39, 0.29) is 5.91 Å². The van der Waals surface area contributed by atoms with Gasteiger partial charge in [-0.15, -0.1) is 0 Å². The number of amides is 1. The number of carbonyl (C=O) groups is 1. The molecular formula is C16H23N3O. The monoisotopic (exact) mass is 273 g/mol. The SMILES string of the molecule is CC(C)CCNC(=O)Cn1ccc2c(CN)cccc21. The van der Waals surface area contributed by atoms with Crippen molar-refractivity contribution in [2.24, 2.45) is 11.7 Å². The van der Waals surface area contributed by atoms with Gasteiger partial charge < -0.3 is 15.6 Å². The molecule has 0 bridgehead atoms. The summed E-state index contributed by atoms with van der Waals surface area (Å²) in [6, 6.07) is 8.06. The number of nitrogens with two attached hydrogens (primary N) is 1. The second-order valence-electron chi connectivity index (χ2n) is 5.53. The van der Waals surface area contributed by atoms with Crippen LogP contribution < -0.4 is 11.1 Å². The average molecular weight is 273 g/mol. The maximum atomic E-state index is 11.9. The molecule has 1 aromatic carbocycles. The molecule has 0 atom stereocenters. The van der Waals surface area contributed by atoms with E-state index in [2.05, 4.69) is 19.2 Å². The molecule has 0 spiro atoms. The number of nitrogens with one attached hydrogen (secondary N) is 1. The van der Waals surface area contributed by atoms with E-state index >= 15 is 0 Å². The first-order valence-electron chi connectivity index (χ1n) is 7.15. The second-order valence-corrected chi connectivity index (χ2v) is 5.53. The molecule has 1 heterocycles. The second kappa shape index (κ2) is 6.57. The van der Waals surface area contributed by atoms with Gasteiger partial charge in [0.2, 0.25) is 5.91 Å². The van der Waals surface area contributed by atoms with E-state index in [1.807, 2.05) is 35.0 Å². The largest absolute Gasteiger partial charge is 0.355 e. The molecule has 0 fully saturated rings. The average Bonchev–Trinajstić information content (AvgIpc) is 2.81. The molecule has 0 saturated heterocycles. The molecule has 108 valence electrons. The minimum absolute atomic E-state index is 0.0568. The van der Waals surface area contributed by atoms with Gasteiger partial charge in [0.05, 0.1) is 0 Å². The molecule has 3 N–H and O–H groups in total. The van der Waals surface area contributed by atoms with Gasteiger partial charge in [0, 0.05) is 30.2 Å². The maximum absolute atomic E-state index is 11.9. The van der Waals surface area contributed by atoms with Crippen molar-refractivity contribution >= 4 is 16.8 Å². The van der Waals surface area contributed by atoms with E-state index in [1.54, 1.807) is 0 Å². The zero-order valence-electron chi connectivity index (χ0n) is 12.2. The van der Waals surface area contributed by atoms with Gasteiger partial charge in [-0.3, -0.25) is 4.79 Å². The number of benzene rings is 1. The molecule has 4 heteroatoms. The normalized spacial score (nSPS) is 11.2. The molecule has 0 radical (unpaired) electrons. The Morgan fingerprint density at radius 3 is 2.85 bits per heavy atom. The van der Waals surface area contributed by atoms with Crippen LogP contribution in [0.3, 0.4) is 0 Å². The smallest absolute Gasteiger partial charge is 0.239 e. The van der Waals surface area contributed by atoms with Crippen molar-refractivity contribution in [1.82, 2.24) is 9.88 Å². The van der Waals surface area contributed by atoms with Crippen molar-refractivity contribution in [3.63, 3.8) is 0 Å². The number of hydrogen-bond acceptors (Lipinski definition) is 2. The Morgan fingerprint density at radius 2 is 2.15 bits per heavy atom. The van der Waals surface area contributed by atoms with Crippen molar-refractivity contribution in [2.75, 3.05) is 6.54 Å². The Balaban J connectivity index is 2.05. The fourth-order valence-corrected chi connectivity index (χ4v) is 2.31. The number of aromatic nitrogens is 1. The summed E-state index contributed by atoms with van der Waals surface area (Å²) in [5, 5.41) is 4.09. The first kappa shape index (κ1) is 14.6. The van der Waals surface area contributed by atoms with Crippen LogP contribution in [0.1, 0.15) is 25.8 Å². The van der Waals surface area contributed by atoms with Crippen molar-refractivity contribution in [3.05, 3.63) is 36.0 Å². The molecule has 1 aromatic heterocycles. The summed E-state index contributed by atoms with van der Waals surface area (Å²) in [6.45, 7) is 5.92. The number of hydrogen-bond donors (Lipinski definition) is 2. The molecule has 1 amide bonds. The van der Waals surface area contributed by atoms with Gasteiger partial charge >= 0.3 is 0 Å². The van der Waals surface area contributed by atoms with Gasteiger partial charge in [0.1, 0.15) is 6.54 Å². The van der Waals surface area contributed by atoms with E-state index in [1.165, 1.54) is 0 Å². The summed E-state index contributed by atoms with van der Waals surface area (Å²) in [4.78, 5) is 11.9. The molecular weight excluding hydrogens is 250 g/mol. The molecule has 2 rings (SSSR count). The Morgan fingerprint density at radius 1 is 1.35 bits per heavy atom. The molecule has 0 saturated carbocycles. The Hall–Kier alpha value is -1.81. The standard InChI is InChI=1S/C16H23N3O/c1-12(2)6-8-18-16(20)11-19-9-7-14-13(10-17)4-3-5-15(14)19/h3-5,7,9,12H,6,8,10-11,17H2,1-2H3,(H,18,20). The highest BCUT2D eigenvalue weighted by molar-refractivity contribution is 5.85. The predicted molar refractivity (Wildman–Crippen MR) is 82.3 cm³/mol. The van der Waals surface area contributed by atoms with Crippen molar-refractivity contribution in [2.45, 2.75) is 33.4 Å². The Kier molecular flexibility index (Phi) is 4.79. The van der Waals surface area contributed by atoms with Crippen LogP contribution in [0.5, 0.6) is 0 Å². The van der Waals surface area contributed by atoms with Gasteiger partial charge in [-0.25, -0.2) is 0 Å². The number of rotatable bonds is 6. The van der Waals surface area contributed by atoms with E-state index in [0.29, 0.717) is 19.0 Å². The summed E-state index contributed by atoms with van der Waals surface area (Å²) in [6.07, 6.45) is 2.96. The lowest BCUT2D eigenvalue weighted by atomic mass is 10.1. The van der Waals surface area contributed by atoms with Crippen molar-refractivity contribution < 1.29 is 4.79 Å². The minimum atomic E-state index is 0.0568. The number of nitrogens with zero attached hydrogens (tertiary/aromatic N) is 1. The third-order valence-corrected chi connectivity index (χ3v) is 3.48. The maximum Gasteiger partial charge on any atom is 0.239 e. The van der Waals surface area contributed by atoms with E-state index in [4.69, 9.17) is 5.73 Å². The van der Waals surface area contributed by atoms with Crippen LogP contribution in [-0.4, -0.2) is 17.0 Å². The highest BCUT2D eigenvalue weighted by atomic mass is 16.1. The molecule has 0 unspecified atom stereocenters. The van der Waals surface area contributed by atoms with Crippen molar-refractivity contribution in [1.29, 1.82) is 0 Å². The first-order chi connectivity index (χ1) is 9.61. The summed E-state index contributed by atoms with van der Waals surface area (Å²) in [5.41, 5.74) is 7.91. The fourth-order valence-electron chi connectivity index (χ4n) is 2.31. The third-order valence-electron chi connectivity index (χ3n) is 3.48. The number of fused-ring (bicyclic) bond motifs is 1. The molecule has 2 aromatic rings. The quantitative estimate of drug-likeness (QED) is 0.848. The predicted octanol–water partition coefficient (Wildman–Crippen LogP) is 2.26. The Bertz CT molecular complexity index is 586. The van der Waals surface area contributed by atoms with Gasteiger partial charge in [-0.1, -0.05) is 26.0 Å². The van der Waals surface area contributed by atoms with Gasteiger partial charge in [0.25, 0.3) is 0 Å². The highest BCUT2D eigenvalue weighted by Gasteiger charge is 2.08. The van der Waals surface area contributed by atoms with Crippen LogP contribution in [0.15, 0.2) is 30.5 Å². The molecule has 20 heavy (non-hydrogen) atoms. The summed E-state index contributed by atoms with van der Waals surface area (Å²) in [7, 11) is 0. The Labute approximate surface area is 120 Å². The van der Waals surface area contributed by atoms with Crippen molar-refractivity contribution in [3.8, 4) is 0 Å². The molecule has 0 aliphatic heterocycles. The molecule has 0 aliphatic carbocycles. The van der Waals surface area contributed by atoms with E-state index in [0.717, 1.165) is 29.4 Å². The summed E-state index contributed by atoms with van der Waals surface area (Å²) < 4.78 is 1.97. The molecule has 0 aliphatic rings. The zero-order chi connectivity index (χ0) is 14.5. The topological polar surface area (TPSA) is 60.0 Å². The number of carbonyl (C=O) groups excluding carboxylic acids is 1. The lowest BCUT2D eigenvalue weighted by molar-refractivity contribution is -0.121. The van der Waals surface area contributed by atoms with Crippen LogP contribution >= 0.6 is 0 Å². The van der Waals surface area contributed by atoms with Gasteiger partial charge in [-0.2, -0.15) is 0 Å². The lowest BCUT2D eigenvalue weighted by Crippen LogP contribution is -2.28. The summed E-state index contributed by atoms with van der Waals surface area (Å²) >= 11 is 0. The van der Waals surface area contributed by atoms with E-state index < -0.39 is 0 Å².